The molecule has 2 aromatic rings. The molecular weight excluding hydrogens is 370 g/mol. The van der Waals surface area contributed by atoms with Gasteiger partial charge in [0.1, 0.15) is 12.0 Å². The molecule has 0 N–H and O–H groups in total. The second-order valence-electron chi connectivity index (χ2n) is 8.46. The fourth-order valence-corrected chi connectivity index (χ4v) is 4.57. The maximum Gasteiger partial charge on any atom is 0.240 e. The highest BCUT2D eigenvalue weighted by atomic mass is 19.1. The van der Waals surface area contributed by atoms with E-state index in [4.69, 9.17) is 0 Å². The quantitative estimate of drug-likeness (QED) is 0.764. The lowest BCUT2D eigenvalue weighted by atomic mass is 9.87. The van der Waals surface area contributed by atoms with E-state index in [-0.39, 0.29) is 23.7 Å². The van der Waals surface area contributed by atoms with Gasteiger partial charge in [-0.25, -0.2) is 8.78 Å². The molecule has 2 fully saturated rings. The lowest BCUT2D eigenvalue weighted by Gasteiger charge is -2.37. The third-order valence-corrected chi connectivity index (χ3v) is 6.40. The number of nitrogens with zero attached hydrogens (tertiary/aromatic N) is 2. The number of hydrogen-bond acceptors (Lipinski definition) is 2. The molecule has 2 saturated heterocycles. The molecular formula is C24H28F2N2O. The number of carbonyl (C=O) groups excluding carboxylic acids is 1. The van der Waals surface area contributed by atoms with Gasteiger partial charge in [-0.2, -0.15) is 0 Å². The van der Waals surface area contributed by atoms with Crippen molar-refractivity contribution < 1.29 is 13.6 Å². The average Bonchev–Trinajstić information content (AvgIpc) is 3.06. The summed E-state index contributed by atoms with van der Waals surface area (Å²) in [6.45, 7) is 5.81. The van der Waals surface area contributed by atoms with E-state index in [9.17, 15) is 13.6 Å². The third kappa shape index (κ3) is 4.20. The van der Waals surface area contributed by atoms with E-state index in [1.165, 1.54) is 11.6 Å². The number of benzene rings is 2. The summed E-state index contributed by atoms with van der Waals surface area (Å²) in [7, 11) is 0. The van der Waals surface area contributed by atoms with Crippen LogP contribution in [-0.4, -0.2) is 47.6 Å². The first-order valence-corrected chi connectivity index (χ1v) is 10.4. The molecule has 0 spiro atoms. The summed E-state index contributed by atoms with van der Waals surface area (Å²) in [6.07, 6.45) is 0.450. The van der Waals surface area contributed by atoms with Crippen molar-refractivity contribution in [2.45, 2.75) is 51.4 Å². The van der Waals surface area contributed by atoms with Crippen LogP contribution in [0.25, 0.3) is 0 Å². The Bertz CT molecular complexity index is 883. The van der Waals surface area contributed by atoms with Crippen LogP contribution in [0.1, 0.15) is 41.0 Å². The predicted molar refractivity (Wildman–Crippen MR) is 110 cm³/mol. The van der Waals surface area contributed by atoms with Crippen LogP contribution in [0.5, 0.6) is 0 Å². The summed E-state index contributed by atoms with van der Waals surface area (Å²) < 4.78 is 28.8. The molecule has 0 aliphatic carbocycles. The average molecular weight is 398 g/mol. The van der Waals surface area contributed by atoms with Crippen LogP contribution >= 0.6 is 0 Å². The Balaban J connectivity index is 1.38. The molecule has 2 aliphatic heterocycles. The molecule has 3 atom stereocenters. The third-order valence-electron chi connectivity index (χ3n) is 6.40. The van der Waals surface area contributed by atoms with Crippen molar-refractivity contribution in [3.63, 3.8) is 0 Å². The van der Waals surface area contributed by atoms with Crippen molar-refractivity contribution in [1.29, 1.82) is 0 Å². The van der Waals surface area contributed by atoms with Gasteiger partial charge in [0.2, 0.25) is 5.91 Å². The summed E-state index contributed by atoms with van der Waals surface area (Å²) in [5.74, 6) is -0.314. The van der Waals surface area contributed by atoms with Crippen molar-refractivity contribution in [2.75, 3.05) is 19.6 Å². The van der Waals surface area contributed by atoms with Crippen LogP contribution in [-0.2, 0) is 11.3 Å². The first-order valence-electron chi connectivity index (χ1n) is 10.4. The first kappa shape index (κ1) is 20.0. The van der Waals surface area contributed by atoms with Crippen LogP contribution in [0, 0.1) is 19.7 Å². The van der Waals surface area contributed by atoms with Crippen molar-refractivity contribution >= 4 is 5.91 Å². The Morgan fingerprint density at radius 1 is 1.03 bits per heavy atom. The highest BCUT2D eigenvalue weighted by Crippen LogP contribution is 2.33. The fraction of sp³-hybridized carbons (Fsp3) is 0.458. The van der Waals surface area contributed by atoms with Gasteiger partial charge in [-0.3, -0.25) is 9.69 Å². The second kappa shape index (κ2) is 8.23. The minimum atomic E-state index is -0.973. The first-order chi connectivity index (χ1) is 13.9. The molecule has 2 heterocycles. The molecule has 5 heteroatoms. The molecule has 0 unspecified atom stereocenters. The van der Waals surface area contributed by atoms with Gasteiger partial charge in [0, 0.05) is 25.6 Å². The summed E-state index contributed by atoms with van der Waals surface area (Å²) in [6, 6.07) is 12.9. The maximum absolute atomic E-state index is 15.0. The van der Waals surface area contributed by atoms with Gasteiger partial charge >= 0.3 is 0 Å². The highest BCUT2D eigenvalue weighted by Gasteiger charge is 2.40. The van der Waals surface area contributed by atoms with E-state index in [2.05, 4.69) is 0 Å². The van der Waals surface area contributed by atoms with Gasteiger partial charge in [-0.1, -0.05) is 42.0 Å². The zero-order valence-electron chi connectivity index (χ0n) is 17.1. The lowest BCUT2D eigenvalue weighted by molar-refractivity contribution is -0.133. The van der Waals surface area contributed by atoms with E-state index in [1.807, 2.05) is 42.2 Å². The SMILES string of the molecule is Cc1ccc([C@@H]2CCN([C@@H]3CCN(Cc4ccc(C)c(F)c4)C3=O)C[C@H]2F)cc1. The molecule has 29 heavy (non-hydrogen) atoms. The minimum absolute atomic E-state index is 0.0342. The van der Waals surface area contributed by atoms with Crippen LogP contribution in [0.4, 0.5) is 8.78 Å². The fourth-order valence-electron chi connectivity index (χ4n) is 4.57. The number of halogens is 2. The van der Waals surface area contributed by atoms with Crippen molar-refractivity contribution in [1.82, 2.24) is 9.80 Å². The molecule has 0 aromatic heterocycles. The van der Waals surface area contributed by atoms with E-state index < -0.39 is 6.17 Å². The molecule has 1 amide bonds. The zero-order valence-corrected chi connectivity index (χ0v) is 17.1. The standard InChI is InChI=1S/C24H28F2N2O/c1-16-3-7-19(8-4-16)20-9-11-27(15-22(20)26)23-10-12-28(24(23)29)14-18-6-5-17(2)21(25)13-18/h3-8,13,20,22-23H,9-12,14-15H2,1-2H3/t20-,22+,23+/m0/s1. The van der Waals surface area contributed by atoms with Crippen LogP contribution in [0.3, 0.4) is 0 Å². The van der Waals surface area contributed by atoms with E-state index >= 15 is 0 Å². The number of likely N-dealkylation sites (tertiary alicyclic amines) is 2. The summed E-state index contributed by atoms with van der Waals surface area (Å²) in [4.78, 5) is 16.7. The number of piperidine rings is 1. The Morgan fingerprint density at radius 2 is 1.79 bits per heavy atom. The number of rotatable bonds is 4. The number of hydrogen-bond donors (Lipinski definition) is 0. The van der Waals surface area contributed by atoms with Gasteiger partial charge < -0.3 is 4.90 Å². The Kier molecular flexibility index (Phi) is 5.68. The summed E-state index contributed by atoms with van der Waals surface area (Å²) >= 11 is 0. The van der Waals surface area contributed by atoms with Gasteiger partial charge in [0.25, 0.3) is 0 Å². The summed E-state index contributed by atoms with van der Waals surface area (Å²) in [5.41, 5.74) is 3.61. The van der Waals surface area contributed by atoms with Crippen molar-refractivity contribution in [3.8, 4) is 0 Å². The van der Waals surface area contributed by atoms with E-state index in [0.717, 1.165) is 24.1 Å². The van der Waals surface area contributed by atoms with Crippen molar-refractivity contribution in [3.05, 3.63) is 70.5 Å². The Labute approximate surface area is 171 Å². The predicted octanol–water partition coefficient (Wildman–Crippen LogP) is 4.37. The Morgan fingerprint density at radius 3 is 2.48 bits per heavy atom. The molecule has 0 bridgehead atoms. The van der Waals surface area contributed by atoms with E-state index in [1.54, 1.807) is 17.9 Å². The lowest BCUT2D eigenvalue weighted by Crippen LogP contribution is -2.49. The number of carbonyl (C=O) groups is 1. The smallest absolute Gasteiger partial charge is 0.240 e. The van der Waals surface area contributed by atoms with Crippen LogP contribution in [0.15, 0.2) is 42.5 Å². The molecule has 2 aliphatic rings. The number of alkyl halides is 1. The van der Waals surface area contributed by atoms with Crippen LogP contribution in [0.2, 0.25) is 0 Å². The normalized spacial score (nSPS) is 25.6. The molecule has 0 saturated carbocycles. The Hall–Kier alpha value is -2.27. The van der Waals surface area contributed by atoms with Gasteiger partial charge in [-0.05, 0) is 56.0 Å². The van der Waals surface area contributed by atoms with Crippen LogP contribution < -0.4 is 0 Å². The topological polar surface area (TPSA) is 23.6 Å². The van der Waals surface area contributed by atoms with Gasteiger partial charge in [0.05, 0.1) is 6.04 Å². The maximum atomic E-state index is 15.0. The van der Waals surface area contributed by atoms with Gasteiger partial charge in [-0.15, -0.1) is 0 Å². The van der Waals surface area contributed by atoms with Crippen molar-refractivity contribution in [2.24, 2.45) is 0 Å². The largest absolute Gasteiger partial charge is 0.337 e. The zero-order chi connectivity index (χ0) is 20.5. The molecule has 3 nitrogen and oxygen atoms in total. The number of aryl methyl sites for hydroxylation is 2. The van der Waals surface area contributed by atoms with Gasteiger partial charge in [0.15, 0.2) is 0 Å². The molecule has 2 aromatic carbocycles. The number of amides is 1. The minimum Gasteiger partial charge on any atom is -0.337 e. The second-order valence-corrected chi connectivity index (χ2v) is 8.46. The monoisotopic (exact) mass is 398 g/mol. The summed E-state index contributed by atoms with van der Waals surface area (Å²) in [5, 5.41) is 0. The van der Waals surface area contributed by atoms with E-state index in [0.29, 0.717) is 31.6 Å². The molecule has 0 radical (unpaired) electrons. The molecule has 154 valence electrons. The highest BCUT2D eigenvalue weighted by molar-refractivity contribution is 5.84. The molecule has 4 rings (SSSR count).